The largest absolute Gasteiger partial charge is 0.481 e. The Morgan fingerprint density at radius 2 is 2.20 bits per heavy atom. The van der Waals surface area contributed by atoms with Crippen LogP contribution in [-0.2, 0) is 9.53 Å². The van der Waals surface area contributed by atoms with Crippen LogP contribution in [0.4, 0.5) is 0 Å². The van der Waals surface area contributed by atoms with Crippen LogP contribution in [0.25, 0.3) is 0 Å². The number of aliphatic carboxylic acids is 1. The van der Waals surface area contributed by atoms with E-state index in [0.717, 1.165) is 5.56 Å². The lowest BCUT2D eigenvalue weighted by Gasteiger charge is -2.45. The number of carboxylic acids is 1. The Hall–Kier alpha value is -1.10. The molecule has 1 aromatic carbocycles. The van der Waals surface area contributed by atoms with Gasteiger partial charge >= 0.3 is 5.97 Å². The summed E-state index contributed by atoms with van der Waals surface area (Å²) in [6.07, 6.45) is 0.0316. The lowest BCUT2D eigenvalue weighted by atomic mass is 9.98. The third-order valence-electron chi connectivity index (χ3n) is 3.73. The molecule has 1 aliphatic heterocycles. The van der Waals surface area contributed by atoms with E-state index < -0.39 is 5.97 Å². The highest BCUT2D eigenvalue weighted by atomic mass is 35.5. The van der Waals surface area contributed by atoms with E-state index in [1.807, 2.05) is 24.3 Å². The number of carbonyl (C=O) groups is 1. The molecule has 1 N–H and O–H groups in total. The summed E-state index contributed by atoms with van der Waals surface area (Å²) in [5, 5.41) is 9.55. The first-order valence-corrected chi connectivity index (χ1v) is 7.11. The molecule has 0 saturated carbocycles. The Morgan fingerprint density at radius 3 is 2.85 bits per heavy atom. The van der Waals surface area contributed by atoms with Gasteiger partial charge in [-0.05, 0) is 19.9 Å². The van der Waals surface area contributed by atoms with Gasteiger partial charge in [0.25, 0.3) is 0 Å². The summed E-state index contributed by atoms with van der Waals surface area (Å²) in [5.74, 6) is -0.776. The van der Waals surface area contributed by atoms with E-state index in [-0.39, 0.29) is 18.1 Å². The minimum atomic E-state index is -0.776. The normalized spacial score (nSPS) is 22.6. The number of ether oxygens (including phenoxy) is 1. The lowest BCUT2D eigenvalue weighted by Crippen LogP contribution is -2.54. The molecule has 1 aliphatic rings. The second-order valence-electron chi connectivity index (χ2n) is 5.72. The van der Waals surface area contributed by atoms with E-state index in [9.17, 15) is 4.79 Å². The maximum absolute atomic E-state index is 10.8. The molecule has 1 aromatic rings. The Labute approximate surface area is 124 Å². The fraction of sp³-hybridized carbons (Fsp3) is 0.533. The van der Waals surface area contributed by atoms with Gasteiger partial charge in [-0.15, -0.1) is 0 Å². The van der Waals surface area contributed by atoms with Gasteiger partial charge in [0.2, 0.25) is 0 Å². The molecule has 20 heavy (non-hydrogen) atoms. The number of hydrogen-bond acceptors (Lipinski definition) is 3. The van der Waals surface area contributed by atoms with Crippen LogP contribution < -0.4 is 0 Å². The molecule has 0 spiro atoms. The monoisotopic (exact) mass is 297 g/mol. The summed E-state index contributed by atoms with van der Waals surface area (Å²) in [6.45, 7) is 5.87. The number of rotatable bonds is 4. The third-order valence-corrected chi connectivity index (χ3v) is 4.07. The highest BCUT2D eigenvalue weighted by Gasteiger charge is 2.36. The topological polar surface area (TPSA) is 49.8 Å². The van der Waals surface area contributed by atoms with Crippen LogP contribution >= 0.6 is 11.6 Å². The molecule has 5 heteroatoms. The molecule has 4 nitrogen and oxygen atoms in total. The summed E-state index contributed by atoms with van der Waals surface area (Å²) in [6, 6.07) is 7.63. The van der Waals surface area contributed by atoms with Crippen molar-refractivity contribution in [2.45, 2.75) is 31.9 Å². The van der Waals surface area contributed by atoms with Gasteiger partial charge in [0.05, 0.1) is 19.1 Å². The minimum Gasteiger partial charge on any atom is -0.481 e. The van der Waals surface area contributed by atoms with Gasteiger partial charge in [0.15, 0.2) is 0 Å². The molecular weight excluding hydrogens is 278 g/mol. The molecule has 0 aliphatic carbocycles. The third kappa shape index (κ3) is 3.51. The van der Waals surface area contributed by atoms with E-state index in [2.05, 4.69) is 18.7 Å². The fourth-order valence-electron chi connectivity index (χ4n) is 2.44. The van der Waals surface area contributed by atoms with E-state index in [4.69, 9.17) is 21.4 Å². The Balaban J connectivity index is 2.12. The Morgan fingerprint density at radius 1 is 1.50 bits per heavy atom. The number of hydrogen-bond donors (Lipinski definition) is 1. The second-order valence-corrected chi connectivity index (χ2v) is 6.13. The van der Waals surface area contributed by atoms with Crippen molar-refractivity contribution in [3.8, 4) is 0 Å². The second kappa shape index (κ2) is 6.12. The number of halogens is 1. The summed E-state index contributed by atoms with van der Waals surface area (Å²) < 4.78 is 5.92. The number of nitrogens with zero attached hydrogens (tertiary/aromatic N) is 1. The maximum Gasteiger partial charge on any atom is 0.304 e. The predicted molar refractivity (Wildman–Crippen MR) is 78.0 cm³/mol. The van der Waals surface area contributed by atoms with Crippen LogP contribution in [0.2, 0.25) is 5.02 Å². The van der Waals surface area contributed by atoms with Crippen molar-refractivity contribution >= 4 is 17.6 Å². The molecule has 1 atom stereocenters. The van der Waals surface area contributed by atoms with Crippen LogP contribution in [0, 0.1) is 0 Å². The van der Waals surface area contributed by atoms with Crippen molar-refractivity contribution in [2.75, 3.05) is 19.7 Å². The predicted octanol–water partition coefficient (Wildman–Crippen LogP) is 2.97. The molecular formula is C15H20ClNO3. The van der Waals surface area contributed by atoms with Crippen molar-refractivity contribution < 1.29 is 14.6 Å². The number of morpholine rings is 1. The number of benzene rings is 1. The average molecular weight is 298 g/mol. The zero-order valence-electron chi connectivity index (χ0n) is 11.8. The number of carboxylic acid groups (broad SMARTS) is 1. The molecule has 110 valence electrons. The molecule has 1 heterocycles. The van der Waals surface area contributed by atoms with Crippen LogP contribution in [0.1, 0.15) is 31.9 Å². The van der Waals surface area contributed by atoms with Crippen LogP contribution in [0.3, 0.4) is 0 Å². The Bertz CT molecular complexity index is 490. The average Bonchev–Trinajstić information content (AvgIpc) is 2.38. The SMILES string of the molecule is CC1(C)COC(c2ccccc2Cl)CN1CCC(=O)O. The van der Waals surface area contributed by atoms with Crippen LogP contribution in [0.5, 0.6) is 0 Å². The highest BCUT2D eigenvalue weighted by Crippen LogP contribution is 2.33. The molecule has 0 aromatic heterocycles. The van der Waals surface area contributed by atoms with Gasteiger partial charge in [-0.3, -0.25) is 9.69 Å². The molecule has 1 saturated heterocycles. The first-order chi connectivity index (χ1) is 9.40. The fourth-order valence-corrected chi connectivity index (χ4v) is 2.70. The Kier molecular flexibility index (Phi) is 4.68. The van der Waals surface area contributed by atoms with Crippen molar-refractivity contribution in [1.29, 1.82) is 0 Å². The first kappa shape index (κ1) is 15.3. The highest BCUT2D eigenvalue weighted by molar-refractivity contribution is 6.31. The van der Waals surface area contributed by atoms with Crippen molar-refractivity contribution in [3.05, 3.63) is 34.9 Å². The van der Waals surface area contributed by atoms with Gasteiger partial charge in [-0.1, -0.05) is 29.8 Å². The maximum atomic E-state index is 10.8. The smallest absolute Gasteiger partial charge is 0.304 e. The zero-order valence-corrected chi connectivity index (χ0v) is 12.6. The van der Waals surface area contributed by atoms with Gasteiger partial charge in [0.1, 0.15) is 0 Å². The van der Waals surface area contributed by atoms with Crippen LogP contribution in [-0.4, -0.2) is 41.2 Å². The van der Waals surface area contributed by atoms with Crippen LogP contribution in [0.15, 0.2) is 24.3 Å². The molecule has 2 rings (SSSR count). The van der Waals surface area contributed by atoms with Gasteiger partial charge in [-0.2, -0.15) is 0 Å². The molecule has 0 amide bonds. The summed E-state index contributed by atoms with van der Waals surface area (Å²) in [7, 11) is 0. The van der Waals surface area contributed by atoms with E-state index in [1.54, 1.807) is 0 Å². The molecule has 1 fully saturated rings. The lowest BCUT2D eigenvalue weighted by molar-refractivity contribution is -0.140. The quantitative estimate of drug-likeness (QED) is 0.928. The van der Waals surface area contributed by atoms with E-state index in [0.29, 0.717) is 24.7 Å². The molecule has 1 unspecified atom stereocenters. The molecule has 0 radical (unpaired) electrons. The van der Waals surface area contributed by atoms with E-state index >= 15 is 0 Å². The standard InChI is InChI=1S/C15H20ClNO3/c1-15(2)10-20-13(9-17(15)8-7-14(18)19)11-5-3-4-6-12(11)16/h3-6,13H,7-10H2,1-2H3,(H,18,19). The summed E-state index contributed by atoms with van der Waals surface area (Å²) in [4.78, 5) is 12.9. The van der Waals surface area contributed by atoms with E-state index in [1.165, 1.54) is 0 Å². The summed E-state index contributed by atoms with van der Waals surface area (Å²) in [5.41, 5.74) is 0.803. The van der Waals surface area contributed by atoms with Gasteiger partial charge in [0, 0.05) is 29.2 Å². The van der Waals surface area contributed by atoms with Crippen molar-refractivity contribution in [2.24, 2.45) is 0 Å². The summed E-state index contributed by atoms with van der Waals surface area (Å²) >= 11 is 6.21. The minimum absolute atomic E-state index is 0.106. The van der Waals surface area contributed by atoms with Crippen molar-refractivity contribution in [3.63, 3.8) is 0 Å². The molecule has 0 bridgehead atoms. The first-order valence-electron chi connectivity index (χ1n) is 6.73. The van der Waals surface area contributed by atoms with Crippen molar-refractivity contribution in [1.82, 2.24) is 4.90 Å². The van der Waals surface area contributed by atoms with Gasteiger partial charge in [-0.25, -0.2) is 0 Å². The zero-order chi connectivity index (χ0) is 14.8. The van der Waals surface area contributed by atoms with Gasteiger partial charge < -0.3 is 9.84 Å².